The van der Waals surface area contributed by atoms with Crippen molar-refractivity contribution in [1.29, 1.82) is 0 Å². The standard InChI is InChI=1S/C61H100O6/c1-4-7-10-13-16-19-22-25-27-28-29-30-31-32-33-34-35-37-39-42-45-48-51-54-60(63)66-57-58(56-65-59(62)53-50-47-44-41-38-24-21-18-15-12-9-6-3)67-61(64)55-52-49-46-43-40-36-26-23-20-17-14-11-8-5-2/h7,10,14,16-19,21,23,25-27,29-30,32-33,35,37,58H,4-6,8-9,11-13,15,20,22,24,28,31,34,36,38-57H2,1-3H3/b10-7-,17-14-,19-16-,21-18-,26-23-,27-25-,30-29-,33-32-,37-35-. The molecule has 1 atom stereocenters. The van der Waals surface area contributed by atoms with Gasteiger partial charge in [0.2, 0.25) is 0 Å². The summed E-state index contributed by atoms with van der Waals surface area (Å²) in [4.78, 5) is 38.0. The molecular formula is C61H100O6. The van der Waals surface area contributed by atoms with E-state index < -0.39 is 6.10 Å². The van der Waals surface area contributed by atoms with Crippen molar-refractivity contribution in [2.75, 3.05) is 13.2 Å². The number of esters is 3. The molecule has 0 aliphatic carbocycles. The topological polar surface area (TPSA) is 78.9 Å². The number of hydrogen-bond donors (Lipinski definition) is 0. The minimum atomic E-state index is -0.801. The van der Waals surface area contributed by atoms with Crippen LogP contribution in [-0.4, -0.2) is 37.2 Å². The van der Waals surface area contributed by atoms with Gasteiger partial charge in [-0.25, -0.2) is 0 Å². The molecule has 0 radical (unpaired) electrons. The first kappa shape index (κ1) is 63.1. The van der Waals surface area contributed by atoms with Gasteiger partial charge in [0.15, 0.2) is 6.10 Å². The van der Waals surface area contributed by atoms with E-state index in [4.69, 9.17) is 14.2 Å². The number of carbonyl (C=O) groups is 3. The zero-order valence-corrected chi connectivity index (χ0v) is 43.4. The summed E-state index contributed by atoms with van der Waals surface area (Å²) in [6.45, 7) is 6.41. The lowest BCUT2D eigenvalue weighted by atomic mass is 10.1. The Labute approximate surface area is 412 Å². The molecule has 0 saturated heterocycles. The number of carbonyl (C=O) groups excluding carboxylic acids is 3. The molecule has 0 amide bonds. The third-order valence-corrected chi connectivity index (χ3v) is 11.2. The summed E-state index contributed by atoms with van der Waals surface area (Å²) in [6, 6.07) is 0. The van der Waals surface area contributed by atoms with Crippen LogP contribution in [0.2, 0.25) is 0 Å². The predicted molar refractivity (Wildman–Crippen MR) is 288 cm³/mol. The van der Waals surface area contributed by atoms with Crippen molar-refractivity contribution in [3.8, 4) is 0 Å². The monoisotopic (exact) mass is 929 g/mol. The van der Waals surface area contributed by atoms with E-state index in [2.05, 4.69) is 130 Å². The van der Waals surface area contributed by atoms with Gasteiger partial charge in [-0.05, 0) is 122 Å². The fraction of sp³-hybridized carbons (Fsp3) is 0.656. The second-order valence-corrected chi connectivity index (χ2v) is 17.7. The molecule has 6 heteroatoms. The molecule has 0 aliphatic rings. The molecule has 0 fully saturated rings. The smallest absolute Gasteiger partial charge is 0.306 e. The summed E-state index contributed by atoms with van der Waals surface area (Å²) in [5, 5.41) is 0. The Balaban J connectivity index is 4.43. The summed E-state index contributed by atoms with van der Waals surface area (Å²) in [7, 11) is 0. The molecule has 0 aromatic carbocycles. The SMILES string of the molecule is CC/C=C\C/C=C\C/C=C\C/C=C\C/C=C\C/C=C\CCCCCCC(=O)OCC(COC(=O)CCCCCCC/C=C\CCCCC)OC(=O)CCCCCCC/C=C\C/C=C\CCCC. The first-order valence-electron chi connectivity index (χ1n) is 27.4. The molecule has 0 N–H and O–H groups in total. The molecular weight excluding hydrogens is 829 g/mol. The van der Waals surface area contributed by atoms with Crippen molar-refractivity contribution >= 4 is 17.9 Å². The quantitative estimate of drug-likeness (QED) is 0.0262. The van der Waals surface area contributed by atoms with Gasteiger partial charge in [-0.1, -0.05) is 207 Å². The molecule has 6 nitrogen and oxygen atoms in total. The normalized spacial score (nSPS) is 12.9. The van der Waals surface area contributed by atoms with Crippen molar-refractivity contribution in [2.45, 2.75) is 245 Å². The Bertz CT molecular complexity index is 1390. The maximum atomic E-state index is 12.8. The van der Waals surface area contributed by atoms with Gasteiger partial charge in [-0.3, -0.25) is 14.4 Å². The Hall–Kier alpha value is -3.93. The molecule has 0 spiro atoms. The van der Waals surface area contributed by atoms with Gasteiger partial charge in [0.05, 0.1) is 0 Å². The lowest BCUT2D eigenvalue weighted by molar-refractivity contribution is -0.167. The Morgan fingerprint density at radius 1 is 0.313 bits per heavy atom. The van der Waals surface area contributed by atoms with Crippen LogP contribution < -0.4 is 0 Å². The van der Waals surface area contributed by atoms with Crippen molar-refractivity contribution < 1.29 is 28.6 Å². The average Bonchev–Trinajstić information content (AvgIpc) is 3.33. The first-order valence-corrected chi connectivity index (χ1v) is 27.4. The lowest BCUT2D eigenvalue weighted by Crippen LogP contribution is -2.30. The molecule has 0 aliphatic heterocycles. The molecule has 0 rings (SSSR count). The van der Waals surface area contributed by atoms with E-state index in [1.54, 1.807) is 0 Å². The van der Waals surface area contributed by atoms with E-state index in [9.17, 15) is 14.4 Å². The molecule has 0 heterocycles. The van der Waals surface area contributed by atoms with Gasteiger partial charge in [0.1, 0.15) is 13.2 Å². The van der Waals surface area contributed by atoms with E-state index >= 15 is 0 Å². The second-order valence-electron chi connectivity index (χ2n) is 17.7. The van der Waals surface area contributed by atoms with Crippen LogP contribution in [0.3, 0.4) is 0 Å². The van der Waals surface area contributed by atoms with Gasteiger partial charge >= 0.3 is 17.9 Å². The van der Waals surface area contributed by atoms with E-state index in [0.717, 1.165) is 148 Å². The molecule has 0 aromatic rings. The highest BCUT2D eigenvalue weighted by Gasteiger charge is 2.19. The number of ether oxygens (including phenoxy) is 3. The summed E-state index contributed by atoms with van der Waals surface area (Å²) < 4.78 is 16.8. The fourth-order valence-corrected chi connectivity index (χ4v) is 7.10. The second kappa shape index (κ2) is 54.7. The maximum Gasteiger partial charge on any atom is 0.306 e. The molecule has 1 unspecified atom stereocenters. The first-order chi connectivity index (χ1) is 33.0. The Morgan fingerprint density at radius 2 is 0.597 bits per heavy atom. The zero-order chi connectivity index (χ0) is 48.6. The zero-order valence-electron chi connectivity index (χ0n) is 43.4. The van der Waals surface area contributed by atoms with E-state index in [0.29, 0.717) is 19.3 Å². The van der Waals surface area contributed by atoms with Crippen LogP contribution in [0.4, 0.5) is 0 Å². The summed E-state index contributed by atoms with van der Waals surface area (Å²) in [6.07, 6.45) is 73.6. The molecule has 380 valence electrons. The Kier molecular flexibility index (Phi) is 51.5. The van der Waals surface area contributed by atoms with Crippen LogP contribution in [0.1, 0.15) is 239 Å². The van der Waals surface area contributed by atoms with Crippen LogP contribution in [-0.2, 0) is 28.6 Å². The lowest BCUT2D eigenvalue weighted by Gasteiger charge is -2.18. The molecule has 0 aromatic heterocycles. The minimum absolute atomic E-state index is 0.0981. The van der Waals surface area contributed by atoms with Gasteiger partial charge in [-0.15, -0.1) is 0 Å². The van der Waals surface area contributed by atoms with Crippen molar-refractivity contribution in [3.05, 3.63) is 109 Å². The summed E-state index contributed by atoms with van der Waals surface area (Å²) in [5.41, 5.74) is 0. The van der Waals surface area contributed by atoms with Crippen molar-refractivity contribution in [2.24, 2.45) is 0 Å². The minimum Gasteiger partial charge on any atom is -0.462 e. The number of allylic oxidation sites excluding steroid dienone is 18. The maximum absolute atomic E-state index is 12.8. The van der Waals surface area contributed by atoms with Gasteiger partial charge in [0, 0.05) is 19.3 Å². The molecule has 67 heavy (non-hydrogen) atoms. The van der Waals surface area contributed by atoms with Gasteiger partial charge in [0.25, 0.3) is 0 Å². The predicted octanol–water partition coefficient (Wildman–Crippen LogP) is 18.3. The van der Waals surface area contributed by atoms with Crippen LogP contribution in [0, 0.1) is 0 Å². The number of rotatable bonds is 48. The highest BCUT2D eigenvalue weighted by atomic mass is 16.6. The number of hydrogen-bond acceptors (Lipinski definition) is 6. The summed E-state index contributed by atoms with van der Waals surface area (Å²) in [5.74, 6) is -0.950. The highest BCUT2D eigenvalue weighted by molar-refractivity contribution is 5.71. The highest BCUT2D eigenvalue weighted by Crippen LogP contribution is 2.13. The van der Waals surface area contributed by atoms with Crippen molar-refractivity contribution in [3.63, 3.8) is 0 Å². The third-order valence-electron chi connectivity index (χ3n) is 11.2. The number of unbranched alkanes of at least 4 members (excludes halogenated alkanes) is 19. The van der Waals surface area contributed by atoms with E-state index in [1.807, 2.05) is 0 Å². The fourth-order valence-electron chi connectivity index (χ4n) is 7.10. The molecule has 0 saturated carbocycles. The summed E-state index contributed by atoms with van der Waals surface area (Å²) >= 11 is 0. The Morgan fingerprint density at radius 3 is 0.970 bits per heavy atom. The molecule has 0 bridgehead atoms. The third kappa shape index (κ3) is 52.9. The van der Waals surface area contributed by atoms with Crippen LogP contribution in [0.5, 0.6) is 0 Å². The van der Waals surface area contributed by atoms with Crippen LogP contribution in [0.25, 0.3) is 0 Å². The van der Waals surface area contributed by atoms with E-state index in [1.165, 1.54) is 51.4 Å². The van der Waals surface area contributed by atoms with E-state index in [-0.39, 0.29) is 31.1 Å². The van der Waals surface area contributed by atoms with Gasteiger partial charge < -0.3 is 14.2 Å². The largest absolute Gasteiger partial charge is 0.462 e. The average molecular weight is 929 g/mol. The van der Waals surface area contributed by atoms with Gasteiger partial charge in [-0.2, -0.15) is 0 Å². The van der Waals surface area contributed by atoms with Crippen molar-refractivity contribution in [1.82, 2.24) is 0 Å². The van der Waals surface area contributed by atoms with Crippen LogP contribution >= 0.6 is 0 Å². The van der Waals surface area contributed by atoms with Crippen LogP contribution in [0.15, 0.2) is 109 Å².